The molecule has 0 heterocycles. The molecule has 76 valence electrons. The third-order valence-corrected chi connectivity index (χ3v) is 1.96. The Bertz CT molecular complexity index is 418. The van der Waals surface area contributed by atoms with Gasteiger partial charge < -0.3 is 5.73 Å². The van der Waals surface area contributed by atoms with E-state index < -0.39 is 0 Å². The second-order valence-corrected chi connectivity index (χ2v) is 3.03. The van der Waals surface area contributed by atoms with Crippen LogP contribution in [0, 0.1) is 17.4 Å². The van der Waals surface area contributed by atoms with E-state index in [0.717, 1.165) is 11.1 Å². The van der Waals surface area contributed by atoms with Crippen molar-refractivity contribution in [2.75, 3.05) is 6.54 Å². The van der Waals surface area contributed by atoms with Gasteiger partial charge in [0.1, 0.15) is 17.2 Å². The number of rotatable bonds is 3. The van der Waals surface area contributed by atoms with Gasteiger partial charge in [-0.05, 0) is 24.6 Å². The van der Waals surface area contributed by atoms with Crippen molar-refractivity contribution < 1.29 is 0 Å². The molecule has 0 saturated heterocycles. The standard InChI is InChI=1S/C11H13N4/c1-2-3-9-4-6-10(7-5-9)11(12)8-14-15-13/h4-7,11,13H,8,12H2,1H3/q+1. The average molecular weight is 201 g/mol. The zero-order valence-electron chi connectivity index (χ0n) is 8.57. The molecule has 4 heteroatoms. The Hall–Kier alpha value is -1.95. The van der Waals surface area contributed by atoms with Gasteiger partial charge in [0.05, 0.1) is 6.04 Å². The van der Waals surface area contributed by atoms with Crippen LogP contribution < -0.4 is 10.6 Å². The van der Waals surface area contributed by atoms with Crippen LogP contribution in [0.1, 0.15) is 24.1 Å². The third kappa shape index (κ3) is 3.35. The second kappa shape index (κ2) is 5.71. The molecule has 1 unspecified atom stereocenters. The van der Waals surface area contributed by atoms with E-state index in [9.17, 15) is 0 Å². The van der Waals surface area contributed by atoms with Gasteiger partial charge >= 0.3 is 0 Å². The molecule has 0 aromatic heterocycles. The highest BCUT2D eigenvalue weighted by Gasteiger charge is 2.06. The molecular weight excluding hydrogens is 188 g/mol. The molecule has 1 aromatic carbocycles. The molecule has 0 spiro atoms. The fourth-order valence-electron chi connectivity index (χ4n) is 1.19. The molecule has 0 aliphatic carbocycles. The first-order chi connectivity index (χ1) is 7.27. The maximum absolute atomic E-state index is 6.53. The van der Waals surface area contributed by atoms with Crippen LogP contribution in [-0.4, -0.2) is 6.54 Å². The summed E-state index contributed by atoms with van der Waals surface area (Å²) in [6.07, 6.45) is 0. The van der Waals surface area contributed by atoms with Gasteiger partial charge in [-0.25, -0.2) is 0 Å². The van der Waals surface area contributed by atoms with E-state index in [1.165, 1.54) is 0 Å². The Balaban J connectivity index is 2.77. The molecule has 0 radical (unpaired) electrons. The molecule has 0 saturated carbocycles. The molecule has 0 aliphatic rings. The van der Waals surface area contributed by atoms with E-state index in [2.05, 4.69) is 21.9 Å². The minimum atomic E-state index is -0.206. The summed E-state index contributed by atoms with van der Waals surface area (Å²) in [6.45, 7) is 2.14. The number of hydrogen-bond donors (Lipinski definition) is 2. The van der Waals surface area contributed by atoms with E-state index in [4.69, 9.17) is 11.3 Å². The van der Waals surface area contributed by atoms with E-state index in [1.54, 1.807) is 6.92 Å². The van der Waals surface area contributed by atoms with Crippen molar-refractivity contribution in [1.82, 2.24) is 4.91 Å². The van der Waals surface area contributed by atoms with Gasteiger partial charge in [0, 0.05) is 5.56 Å². The zero-order valence-corrected chi connectivity index (χ0v) is 8.57. The molecule has 3 N–H and O–H groups in total. The summed E-state index contributed by atoms with van der Waals surface area (Å²) in [6, 6.07) is 7.48. The van der Waals surface area contributed by atoms with Crippen molar-refractivity contribution in [2.24, 2.45) is 10.8 Å². The van der Waals surface area contributed by atoms with Crippen LogP contribution in [0.2, 0.25) is 0 Å². The van der Waals surface area contributed by atoms with Crippen molar-refractivity contribution in [3.63, 3.8) is 0 Å². The van der Waals surface area contributed by atoms with Crippen LogP contribution in [-0.2, 0) is 0 Å². The quantitative estimate of drug-likeness (QED) is 0.435. The lowest BCUT2D eigenvalue weighted by Gasteiger charge is -2.05. The summed E-state index contributed by atoms with van der Waals surface area (Å²) in [5, 5.41) is 3.55. The van der Waals surface area contributed by atoms with Gasteiger partial charge in [-0.2, -0.15) is 0 Å². The van der Waals surface area contributed by atoms with E-state index in [0.29, 0.717) is 6.54 Å². The van der Waals surface area contributed by atoms with Gasteiger partial charge in [-0.3, -0.25) is 0 Å². The van der Waals surface area contributed by atoms with Crippen molar-refractivity contribution >= 4 is 0 Å². The molecule has 15 heavy (non-hydrogen) atoms. The normalized spacial score (nSPS) is 10.8. The summed E-state index contributed by atoms with van der Waals surface area (Å²) < 4.78 is 0. The summed E-state index contributed by atoms with van der Waals surface area (Å²) in [5.74, 6) is 5.78. The Morgan fingerprint density at radius 3 is 2.67 bits per heavy atom. The predicted molar refractivity (Wildman–Crippen MR) is 58.1 cm³/mol. The average Bonchev–Trinajstić information content (AvgIpc) is 2.27. The SMILES string of the molecule is CC#Cc1ccc(C(N)CN=[N+]=N)cc1. The monoisotopic (exact) mass is 201 g/mol. The maximum Gasteiger partial charge on any atom is 0.214 e. The lowest BCUT2D eigenvalue weighted by Crippen LogP contribution is -2.13. The van der Waals surface area contributed by atoms with Crippen molar-refractivity contribution in [3.8, 4) is 11.8 Å². The van der Waals surface area contributed by atoms with Crippen LogP contribution in [0.15, 0.2) is 29.4 Å². The Labute approximate surface area is 88.7 Å². The van der Waals surface area contributed by atoms with Crippen LogP contribution in [0.25, 0.3) is 0 Å². The fourth-order valence-corrected chi connectivity index (χ4v) is 1.19. The minimum Gasteiger partial charge on any atom is -0.322 e. The summed E-state index contributed by atoms with van der Waals surface area (Å²) >= 11 is 0. The molecule has 1 aromatic rings. The Morgan fingerprint density at radius 2 is 2.13 bits per heavy atom. The van der Waals surface area contributed by atoms with Crippen molar-refractivity contribution in [2.45, 2.75) is 13.0 Å². The van der Waals surface area contributed by atoms with Gasteiger partial charge in [0.25, 0.3) is 0 Å². The Morgan fingerprint density at radius 1 is 1.47 bits per heavy atom. The first kappa shape index (κ1) is 11.1. The van der Waals surface area contributed by atoms with E-state index in [-0.39, 0.29) is 6.04 Å². The molecule has 4 nitrogen and oxygen atoms in total. The van der Waals surface area contributed by atoms with E-state index >= 15 is 0 Å². The molecule has 0 amide bonds. The third-order valence-electron chi connectivity index (χ3n) is 1.96. The van der Waals surface area contributed by atoms with Gasteiger partial charge in [-0.15, -0.1) is 5.92 Å². The molecule has 0 fully saturated rings. The Kier molecular flexibility index (Phi) is 4.24. The summed E-state index contributed by atoms with van der Waals surface area (Å²) in [7, 11) is 0. The number of benzene rings is 1. The fraction of sp³-hybridized carbons (Fsp3) is 0.273. The molecule has 0 aliphatic heterocycles. The van der Waals surface area contributed by atoms with Crippen LogP contribution in [0.3, 0.4) is 0 Å². The topological polar surface area (TPSA) is 76.3 Å². The summed E-state index contributed by atoms with van der Waals surface area (Å²) in [5.41, 5.74) is 14.3. The number of nitrogens with one attached hydrogen (secondary N) is 1. The highest BCUT2D eigenvalue weighted by Crippen LogP contribution is 2.11. The number of hydrogen-bond acceptors (Lipinski definition) is 3. The molecular formula is C11H13N4+. The largest absolute Gasteiger partial charge is 0.322 e. The van der Waals surface area contributed by atoms with Gasteiger partial charge in [-0.1, -0.05) is 18.1 Å². The molecule has 0 bridgehead atoms. The van der Waals surface area contributed by atoms with Crippen LogP contribution >= 0.6 is 0 Å². The minimum absolute atomic E-state index is 0.206. The zero-order chi connectivity index (χ0) is 11.1. The highest BCUT2D eigenvalue weighted by molar-refractivity contribution is 5.36. The van der Waals surface area contributed by atoms with Crippen LogP contribution in [0.5, 0.6) is 0 Å². The van der Waals surface area contributed by atoms with Crippen molar-refractivity contribution in [1.29, 1.82) is 5.53 Å². The van der Waals surface area contributed by atoms with Gasteiger partial charge in [0.2, 0.25) is 4.91 Å². The maximum atomic E-state index is 6.53. The number of nitrogens with zero attached hydrogens (tertiary/aromatic N) is 2. The molecule has 1 rings (SSSR count). The lowest BCUT2D eigenvalue weighted by molar-refractivity contribution is 0.694. The van der Waals surface area contributed by atoms with Gasteiger partial charge in [0.15, 0.2) is 0 Å². The number of nitrogens with two attached hydrogens (primary N) is 1. The smallest absolute Gasteiger partial charge is 0.214 e. The van der Waals surface area contributed by atoms with Crippen molar-refractivity contribution in [3.05, 3.63) is 35.4 Å². The summed E-state index contributed by atoms with van der Waals surface area (Å²) in [4.78, 5) is 2.92. The highest BCUT2D eigenvalue weighted by atomic mass is 15.1. The van der Waals surface area contributed by atoms with Crippen LogP contribution in [0.4, 0.5) is 0 Å². The van der Waals surface area contributed by atoms with E-state index in [1.807, 2.05) is 24.3 Å². The first-order valence-corrected chi connectivity index (χ1v) is 4.59. The molecule has 1 atom stereocenters. The first-order valence-electron chi connectivity index (χ1n) is 4.59. The second-order valence-electron chi connectivity index (χ2n) is 3.03. The lowest BCUT2D eigenvalue weighted by atomic mass is 10.1. The predicted octanol–water partition coefficient (Wildman–Crippen LogP) is 1.61.